The molecule has 0 saturated carbocycles. The number of carbonyl (C=O) groups excluding carboxylic acids is 1. The highest BCUT2D eigenvalue weighted by Gasteiger charge is 2.44. The van der Waals surface area contributed by atoms with Gasteiger partial charge < -0.3 is 4.42 Å². The summed E-state index contributed by atoms with van der Waals surface area (Å²) in [7, 11) is 0. The van der Waals surface area contributed by atoms with E-state index in [0.717, 1.165) is 5.56 Å². The summed E-state index contributed by atoms with van der Waals surface area (Å²) in [6.07, 6.45) is 1.64. The van der Waals surface area contributed by atoms with Crippen LogP contribution in [-0.4, -0.2) is 10.9 Å². The number of nitrogens with zero attached hydrogens (tertiary/aromatic N) is 2. The lowest BCUT2D eigenvalue weighted by molar-refractivity contribution is 0.0971. The lowest BCUT2D eigenvalue weighted by atomic mass is 9.95. The molecule has 1 aliphatic heterocycles. The second-order valence-electron chi connectivity index (χ2n) is 7.53. The normalized spacial score (nSPS) is 15.9. The molecule has 1 unspecified atom stereocenters. The summed E-state index contributed by atoms with van der Waals surface area (Å²) in [4.78, 5) is 32.7. The first-order valence-electron chi connectivity index (χ1n) is 9.55. The van der Waals surface area contributed by atoms with Gasteiger partial charge in [-0.2, -0.15) is 0 Å². The van der Waals surface area contributed by atoms with Gasteiger partial charge in [-0.1, -0.05) is 49.7 Å². The number of benzene rings is 2. The van der Waals surface area contributed by atoms with Crippen LogP contribution in [0.2, 0.25) is 5.02 Å². The number of thiazole rings is 1. The Balaban J connectivity index is 1.78. The van der Waals surface area contributed by atoms with Crippen molar-refractivity contribution in [3.63, 3.8) is 0 Å². The fraction of sp³-hybridized carbons (Fsp3) is 0.174. The van der Waals surface area contributed by atoms with Crippen LogP contribution in [0.1, 0.15) is 53.1 Å². The largest absolute Gasteiger partial charge is 0.450 e. The molecule has 0 saturated heterocycles. The number of halogens is 1. The van der Waals surface area contributed by atoms with Crippen LogP contribution in [-0.2, 0) is 0 Å². The predicted molar refractivity (Wildman–Crippen MR) is 119 cm³/mol. The number of hydrogen-bond acceptors (Lipinski definition) is 5. The molecule has 1 atom stereocenters. The summed E-state index contributed by atoms with van der Waals surface area (Å²) in [5, 5.41) is 3.12. The fourth-order valence-electron chi connectivity index (χ4n) is 3.86. The van der Waals surface area contributed by atoms with Crippen LogP contribution >= 0.6 is 22.9 Å². The first-order valence-corrected chi connectivity index (χ1v) is 10.8. The molecule has 4 aromatic rings. The summed E-state index contributed by atoms with van der Waals surface area (Å²) in [6.45, 7) is 4.24. The molecule has 30 heavy (non-hydrogen) atoms. The molecule has 1 amide bonds. The molecule has 0 radical (unpaired) electrons. The Morgan fingerprint density at radius 1 is 1.13 bits per heavy atom. The lowest BCUT2D eigenvalue weighted by Gasteiger charge is -2.23. The zero-order valence-corrected chi connectivity index (χ0v) is 17.8. The Morgan fingerprint density at radius 3 is 2.57 bits per heavy atom. The van der Waals surface area contributed by atoms with Crippen molar-refractivity contribution in [3.05, 3.63) is 91.7 Å². The van der Waals surface area contributed by atoms with Gasteiger partial charge in [-0.25, -0.2) is 4.98 Å². The molecule has 1 aliphatic rings. The number of aromatic nitrogens is 1. The summed E-state index contributed by atoms with van der Waals surface area (Å²) in [6, 6.07) is 12.2. The van der Waals surface area contributed by atoms with Crippen molar-refractivity contribution in [2.24, 2.45) is 0 Å². The fourth-order valence-corrected chi connectivity index (χ4v) is 4.70. The van der Waals surface area contributed by atoms with Crippen LogP contribution in [0.3, 0.4) is 0 Å². The van der Waals surface area contributed by atoms with Crippen molar-refractivity contribution in [2.45, 2.75) is 25.8 Å². The van der Waals surface area contributed by atoms with E-state index in [4.69, 9.17) is 16.0 Å². The standard InChI is InChI=1S/C23H17ClN2O3S/c1-12(2)13-3-5-14(6-4-13)19-18-20(27)16-11-15(24)7-8-17(16)29-21(18)22(28)26(19)23-25-9-10-30-23/h3-12,19H,1-2H3. The van der Waals surface area contributed by atoms with Gasteiger partial charge in [0, 0.05) is 16.6 Å². The summed E-state index contributed by atoms with van der Waals surface area (Å²) in [5.41, 5.74) is 2.42. The number of carbonyl (C=O) groups is 1. The minimum absolute atomic E-state index is 0.0583. The van der Waals surface area contributed by atoms with E-state index in [-0.39, 0.29) is 17.1 Å². The van der Waals surface area contributed by atoms with Gasteiger partial charge >= 0.3 is 0 Å². The molecule has 5 rings (SSSR count). The molecular formula is C23H17ClN2O3S. The van der Waals surface area contributed by atoms with Crippen LogP contribution in [0.5, 0.6) is 0 Å². The van der Waals surface area contributed by atoms with Gasteiger partial charge in [0.1, 0.15) is 5.58 Å². The highest BCUT2D eigenvalue weighted by Crippen LogP contribution is 2.42. The molecule has 0 N–H and O–H groups in total. The van der Waals surface area contributed by atoms with Crippen molar-refractivity contribution in [2.75, 3.05) is 4.90 Å². The smallest absolute Gasteiger partial charge is 0.297 e. The topological polar surface area (TPSA) is 63.4 Å². The maximum atomic E-state index is 13.5. The maximum absolute atomic E-state index is 13.5. The quantitative estimate of drug-likeness (QED) is 0.408. The van der Waals surface area contributed by atoms with E-state index >= 15 is 0 Å². The zero-order chi connectivity index (χ0) is 21.0. The lowest BCUT2D eigenvalue weighted by Crippen LogP contribution is -2.29. The van der Waals surface area contributed by atoms with Crippen molar-refractivity contribution >= 4 is 44.9 Å². The van der Waals surface area contributed by atoms with Gasteiger partial charge in [0.15, 0.2) is 10.6 Å². The average Bonchev–Trinajstić information content (AvgIpc) is 3.35. The molecule has 150 valence electrons. The van der Waals surface area contributed by atoms with Crippen molar-refractivity contribution < 1.29 is 9.21 Å². The molecule has 5 nitrogen and oxygen atoms in total. The number of rotatable bonds is 3. The van der Waals surface area contributed by atoms with Crippen LogP contribution in [0.15, 0.2) is 63.3 Å². The second kappa shape index (κ2) is 7.07. The molecule has 7 heteroatoms. The van der Waals surface area contributed by atoms with Crippen molar-refractivity contribution in [1.82, 2.24) is 4.98 Å². The Morgan fingerprint density at radius 2 is 1.90 bits per heavy atom. The Labute approximate surface area is 181 Å². The molecule has 0 fully saturated rings. The number of anilines is 1. The monoisotopic (exact) mass is 436 g/mol. The molecule has 0 spiro atoms. The third-order valence-corrected chi connectivity index (χ3v) is 6.38. The first kappa shape index (κ1) is 19.0. The van der Waals surface area contributed by atoms with Crippen LogP contribution in [0, 0.1) is 0 Å². The van der Waals surface area contributed by atoms with Gasteiger partial charge in [-0.05, 0) is 35.2 Å². The van der Waals surface area contributed by atoms with Crippen LogP contribution < -0.4 is 10.3 Å². The highest BCUT2D eigenvalue weighted by molar-refractivity contribution is 7.13. The Bertz CT molecular complexity index is 1330. The maximum Gasteiger partial charge on any atom is 0.297 e. The number of fused-ring (bicyclic) bond motifs is 2. The van der Waals surface area contributed by atoms with Gasteiger partial charge in [0.2, 0.25) is 5.76 Å². The van der Waals surface area contributed by atoms with Crippen molar-refractivity contribution in [1.29, 1.82) is 0 Å². The van der Waals surface area contributed by atoms with E-state index in [1.807, 2.05) is 24.3 Å². The number of hydrogen-bond donors (Lipinski definition) is 0. The SMILES string of the molecule is CC(C)c1ccc(C2c3c(oc4ccc(Cl)cc4c3=O)C(=O)N2c2nccs2)cc1. The third-order valence-electron chi connectivity index (χ3n) is 5.38. The first-order chi connectivity index (χ1) is 14.5. The second-order valence-corrected chi connectivity index (χ2v) is 8.84. The van der Waals surface area contributed by atoms with E-state index in [9.17, 15) is 9.59 Å². The Kier molecular flexibility index (Phi) is 4.49. The minimum Gasteiger partial charge on any atom is -0.450 e. The van der Waals surface area contributed by atoms with Crippen molar-refractivity contribution in [3.8, 4) is 0 Å². The van der Waals surface area contributed by atoms with E-state index in [1.54, 1.807) is 34.7 Å². The van der Waals surface area contributed by atoms with Gasteiger partial charge in [-0.15, -0.1) is 11.3 Å². The molecular weight excluding hydrogens is 420 g/mol. The molecule has 0 aliphatic carbocycles. The zero-order valence-electron chi connectivity index (χ0n) is 16.3. The van der Waals surface area contributed by atoms with Gasteiger partial charge in [0.05, 0.1) is 17.0 Å². The van der Waals surface area contributed by atoms with E-state index in [2.05, 4.69) is 18.8 Å². The predicted octanol–water partition coefficient (Wildman–Crippen LogP) is 5.78. The van der Waals surface area contributed by atoms with E-state index < -0.39 is 6.04 Å². The molecule has 3 heterocycles. The van der Waals surface area contributed by atoms with E-state index in [0.29, 0.717) is 32.6 Å². The molecule has 0 bridgehead atoms. The summed E-state index contributed by atoms with van der Waals surface area (Å²) >= 11 is 7.46. The summed E-state index contributed by atoms with van der Waals surface area (Å²) < 4.78 is 5.92. The average molecular weight is 437 g/mol. The minimum atomic E-state index is -0.612. The number of amides is 1. The van der Waals surface area contributed by atoms with E-state index in [1.165, 1.54) is 16.9 Å². The Hall–Kier alpha value is -2.96. The third kappa shape index (κ3) is 2.87. The van der Waals surface area contributed by atoms with Crippen LogP contribution in [0.4, 0.5) is 5.13 Å². The van der Waals surface area contributed by atoms with Gasteiger partial charge in [-0.3, -0.25) is 14.5 Å². The highest BCUT2D eigenvalue weighted by atomic mass is 35.5. The summed E-state index contributed by atoms with van der Waals surface area (Å²) in [5.74, 6) is 0.0672. The molecule has 2 aromatic carbocycles. The van der Waals surface area contributed by atoms with Gasteiger partial charge in [0.25, 0.3) is 5.91 Å². The molecule has 2 aromatic heterocycles. The van der Waals surface area contributed by atoms with Crippen LogP contribution in [0.25, 0.3) is 11.0 Å².